The van der Waals surface area contributed by atoms with Crippen molar-refractivity contribution in [1.82, 2.24) is 9.78 Å². The molecule has 5 nitrogen and oxygen atoms in total. The molecule has 5 heteroatoms. The van der Waals surface area contributed by atoms with Gasteiger partial charge in [-0.2, -0.15) is 5.10 Å². The minimum Gasteiger partial charge on any atom is -0.384 e. The van der Waals surface area contributed by atoms with Crippen LogP contribution in [0.2, 0.25) is 0 Å². The van der Waals surface area contributed by atoms with E-state index in [1.54, 1.807) is 24.0 Å². The van der Waals surface area contributed by atoms with Crippen LogP contribution >= 0.6 is 0 Å². The predicted molar refractivity (Wildman–Crippen MR) is 76.3 cm³/mol. The summed E-state index contributed by atoms with van der Waals surface area (Å²) in [6, 6.07) is 5.50. The van der Waals surface area contributed by atoms with E-state index in [1.165, 1.54) is 6.20 Å². The normalized spacial score (nSPS) is 9.75. The zero-order chi connectivity index (χ0) is 14.5. The summed E-state index contributed by atoms with van der Waals surface area (Å²) in [5.74, 6) is 5.18. The van der Waals surface area contributed by atoms with Gasteiger partial charge >= 0.3 is 0 Å². The van der Waals surface area contributed by atoms with Gasteiger partial charge in [-0.25, -0.2) is 0 Å². The monoisotopic (exact) mass is 269 g/mol. The maximum absolute atomic E-state index is 12.1. The highest BCUT2D eigenvalue weighted by atomic mass is 16.2. The number of anilines is 1. The van der Waals surface area contributed by atoms with Gasteiger partial charge in [0.15, 0.2) is 0 Å². The Kier molecular flexibility index (Phi) is 4.18. The molecule has 0 unspecified atom stereocenters. The number of hydrogen-bond donors (Lipinski definition) is 2. The van der Waals surface area contributed by atoms with Gasteiger partial charge in [-0.3, -0.25) is 9.48 Å². The largest absolute Gasteiger partial charge is 0.384 e. The molecule has 20 heavy (non-hydrogen) atoms. The highest BCUT2D eigenvalue weighted by Crippen LogP contribution is 2.17. The van der Waals surface area contributed by atoms with Crippen molar-refractivity contribution in [3.63, 3.8) is 0 Å². The SMILES string of the molecule is Cc1ccc(C#CCO)cc1NC(=O)c1cnn(C)c1. The van der Waals surface area contributed by atoms with E-state index in [9.17, 15) is 4.79 Å². The highest BCUT2D eigenvalue weighted by Gasteiger charge is 2.09. The average Bonchev–Trinajstić information content (AvgIpc) is 2.86. The number of carbonyl (C=O) groups excluding carboxylic acids is 1. The lowest BCUT2D eigenvalue weighted by Gasteiger charge is -2.07. The number of aryl methyl sites for hydroxylation is 2. The molecule has 0 saturated heterocycles. The second-order valence-electron chi connectivity index (χ2n) is 4.35. The third-order valence-electron chi connectivity index (χ3n) is 2.76. The fraction of sp³-hybridized carbons (Fsp3) is 0.200. The summed E-state index contributed by atoms with van der Waals surface area (Å²) in [6.07, 6.45) is 3.17. The molecule has 1 aromatic carbocycles. The molecular formula is C15H15N3O2. The Hall–Kier alpha value is -2.58. The van der Waals surface area contributed by atoms with Crippen LogP contribution in [0.3, 0.4) is 0 Å². The molecule has 0 aliphatic rings. The topological polar surface area (TPSA) is 67.2 Å². The van der Waals surface area contributed by atoms with Gasteiger partial charge in [-0.1, -0.05) is 17.9 Å². The number of nitrogens with zero attached hydrogens (tertiary/aromatic N) is 2. The number of hydrogen-bond acceptors (Lipinski definition) is 3. The van der Waals surface area contributed by atoms with Crippen LogP contribution < -0.4 is 5.32 Å². The van der Waals surface area contributed by atoms with E-state index in [0.29, 0.717) is 11.3 Å². The minimum atomic E-state index is -0.214. The molecule has 0 fully saturated rings. The molecule has 1 aromatic heterocycles. The second-order valence-corrected chi connectivity index (χ2v) is 4.35. The van der Waals surface area contributed by atoms with Gasteiger partial charge in [0.25, 0.3) is 5.91 Å². The van der Waals surface area contributed by atoms with Crippen molar-refractivity contribution in [2.75, 3.05) is 11.9 Å². The summed E-state index contributed by atoms with van der Waals surface area (Å²) < 4.78 is 1.57. The zero-order valence-electron chi connectivity index (χ0n) is 11.3. The van der Waals surface area contributed by atoms with Crippen molar-refractivity contribution in [3.8, 4) is 11.8 Å². The van der Waals surface area contributed by atoms with Crippen molar-refractivity contribution < 1.29 is 9.90 Å². The number of nitrogens with one attached hydrogen (secondary N) is 1. The molecule has 2 N–H and O–H groups in total. The number of amides is 1. The third-order valence-corrected chi connectivity index (χ3v) is 2.76. The van der Waals surface area contributed by atoms with Gasteiger partial charge in [0.1, 0.15) is 6.61 Å². The van der Waals surface area contributed by atoms with Crippen LogP contribution in [-0.2, 0) is 7.05 Å². The average molecular weight is 269 g/mol. The van der Waals surface area contributed by atoms with E-state index in [1.807, 2.05) is 19.1 Å². The highest BCUT2D eigenvalue weighted by molar-refractivity contribution is 6.04. The van der Waals surface area contributed by atoms with Gasteiger partial charge in [0, 0.05) is 24.5 Å². The molecule has 0 aliphatic carbocycles. The van der Waals surface area contributed by atoms with Crippen LogP contribution in [0.5, 0.6) is 0 Å². The van der Waals surface area contributed by atoms with E-state index in [0.717, 1.165) is 11.1 Å². The maximum Gasteiger partial charge on any atom is 0.258 e. The summed E-state index contributed by atoms with van der Waals surface area (Å²) in [4.78, 5) is 12.1. The quantitative estimate of drug-likeness (QED) is 0.808. The summed E-state index contributed by atoms with van der Waals surface area (Å²) in [6.45, 7) is 1.72. The van der Waals surface area contributed by atoms with E-state index in [4.69, 9.17) is 5.11 Å². The summed E-state index contributed by atoms with van der Waals surface area (Å²) in [5, 5.41) is 15.5. The fourth-order valence-electron chi connectivity index (χ4n) is 1.71. The van der Waals surface area contributed by atoms with Gasteiger partial charge in [-0.15, -0.1) is 0 Å². The lowest BCUT2D eigenvalue weighted by Crippen LogP contribution is -2.12. The van der Waals surface area contributed by atoms with Crippen LogP contribution in [-0.4, -0.2) is 27.4 Å². The Morgan fingerprint density at radius 3 is 2.95 bits per heavy atom. The molecule has 0 bridgehead atoms. The maximum atomic E-state index is 12.1. The summed E-state index contributed by atoms with van der Waals surface area (Å²) >= 11 is 0. The minimum absolute atomic E-state index is 0.189. The Morgan fingerprint density at radius 1 is 1.50 bits per heavy atom. The van der Waals surface area contributed by atoms with Crippen molar-refractivity contribution >= 4 is 11.6 Å². The first-order valence-corrected chi connectivity index (χ1v) is 6.10. The zero-order valence-corrected chi connectivity index (χ0v) is 11.3. The van der Waals surface area contributed by atoms with Crippen LogP contribution in [0.4, 0.5) is 5.69 Å². The van der Waals surface area contributed by atoms with Gasteiger partial charge in [-0.05, 0) is 24.6 Å². The number of aliphatic hydroxyl groups is 1. The van der Waals surface area contributed by atoms with Crippen LogP contribution in [0, 0.1) is 18.8 Å². The van der Waals surface area contributed by atoms with E-state index >= 15 is 0 Å². The van der Waals surface area contributed by atoms with Gasteiger partial charge < -0.3 is 10.4 Å². The predicted octanol–water partition coefficient (Wildman–Crippen LogP) is 1.32. The first-order valence-electron chi connectivity index (χ1n) is 6.10. The number of carbonyl (C=O) groups is 1. The lowest BCUT2D eigenvalue weighted by molar-refractivity contribution is 0.102. The smallest absolute Gasteiger partial charge is 0.258 e. The second kappa shape index (κ2) is 6.04. The van der Waals surface area contributed by atoms with Crippen LogP contribution in [0.25, 0.3) is 0 Å². The molecule has 2 rings (SSSR count). The van der Waals surface area contributed by atoms with E-state index in [-0.39, 0.29) is 12.5 Å². The van der Waals surface area contributed by atoms with E-state index in [2.05, 4.69) is 22.3 Å². The number of rotatable bonds is 2. The molecule has 1 heterocycles. The van der Waals surface area contributed by atoms with Crippen molar-refractivity contribution in [3.05, 3.63) is 47.3 Å². The lowest BCUT2D eigenvalue weighted by atomic mass is 10.1. The molecule has 0 atom stereocenters. The molecule has 1 amide bonds. The Balaban J connectivity index is 2.22. The molecule has 0 spiro atoms. The number of benzene rings is 1. The third kappa shape index (κ3) is 3.25. The Bertz CT molecular complexity index is 693. The van der Waals surface area contributed by atoms with Gasteiger partial charge in [0.2, 0.25) is 0 Å². The summed E-state index contributed by atoms with van der Waals surface area (Å²) in [7, 11) is 1.76. The standard InChI is InChI=1S/C15H15N3O2/c1-11-5-6-12(4-3-7-19)8-14(11)17-15(20)13-9-16-18(2)10-13/h5-6,8-10,19H,7H2,1-2H3,(H,17,20). The van der Waals surface area contributed by atoms with Crippen molar-refractivity contribution in [2.24, 2.45) is 7.05 Å². The summed E-state index contributed by atoms with van der Waals surface area (Å²) in [5.41, 5.74) is 2.88. The number of aromatic nitrogens is 2. The fourth-order valence-corrected chi connectivity index (χ4v) is 1.71. The van der Waals surface area contributed by atoms with Gasteiger partial charge in [0.05, 0.1) is 11.8 Å². The van der Waals surface area contributed by atoms with E-state index < -0.39 is 0 Å². The molecule has 0 saturated carbocycles. The number of aliphatic hydroxyl groups excluding tert-OH is 1. The molecule has 0 radical (unpaired) electrons. The van der Waals surface area contributed by atoms with Crippen molar-refractivity contribution in [2.45, 2.75) is 6.92 Å². The Labute approximate surface area is 117 Å². The molecular weight excluding hydrogens is 254 g/mol. The molecule has 102 valence electrons. The van der Waals surface area contributed by atoms with Crippen molar-refractivity contribution in [1.29, 1.82) is 0 Å². The molecule has 0 aliphatic heterocycles. The van der Waals surface area contributed by atoms with Crippen LogP contribution in [0.15, 0.2) is 30.6 Å². The first kappa shape index (κ1) is 13.8. The van der Waals surface area contributed by atoms with Crippen LogP contribution in [0.1, 0.15) is 21.5 Å². The molecule has 2 aromatic rings. The Morgan fingerprint density at radius 2 is 2.30 bits per heavy atom. The first-order chi connectivity index (χ1) is 9.60.